The molecule has 0 saturated heterocycles. The summed E-state index contributed by atoms with van der Waals surface area (Å²) in [5, 5.41) is 7.51. The number of hydrogen-bond donors (Lipinski definition) is 3. The summed E-state index contributed by atoms with van der Waals surface area (Å²) in [4.78, 5) is 19.7. The van der Waals surface area contributed by atoms with Gasteiger partial charge in [-0.3, -0.25) is 9.89 Å². The molecule has 10 heteroatoms. The number of alkyl halides is 3. The number of rotatable bonds is 3. The number of aromatic amines is 2. The molecule has 0 spiro atoms. The molecule has 3 heterocycles. The molecule has 0 bridgehead atoms. The van der Waals surface area contributed by atoms with Gasteiger partial charge in [-0.15, -0.1) is 0 Å². The van der Waals surface area contributed by atoms with Crippen molar-refractivity contribution >= 4 is 34.2 Å². The van der Waals surface area contributed by atoms with E-state index in [2.05, 4.69) is 20.4 Å². The first-order valence-electron chi connectivity index (χ1n) is 7.99. The van der Waals surface area contributed by atoms with Gasteiger partial charge in [0, 0.05) is 11.1 Å². The van der Waals surface area contributed by atoms with Crippen LogP contribution in [-0.2, 0) is 6.18 Å². The average molecular weight is 406 g/mol. The minimum atomic E-state index is -4.73. The standard InChI is InChI=1S/C18H11ClF3N5O/c19-13-14(26-27-15(13)18(20,21)22)17(28)24-11-6-10-7-12(25-16(10)23-8-11)9-4-2-1-3-5-9/h1-8H,(H,23,25)(H,24,28)(H,26,27). The van der Waals surface area contributed by atoms with Gasteiger partial charge in [0.1, 0.15) is 10.7 Å². The van der Waals surface area contributed by atoms with Crippen LogP contribution >= 0.6 is 11.6 Å². The van der Waals surface area contributed by atoms with Crippen molar-refractivity contribution in [3.63, 3.8) is 0 Å². The van der Waals surface area contributed by atoms with E-state index in [1.807, 2.05) is 36.4 Å². The van der Waals surface area contributed by atoms with Gasteiger partial charge in [-0.25, -0.2) is 4.98 Å². The quantitative estimate of drug-likeness (QED) is 0.454. The molecule has 3 N–H and O–H groups in total. The molecular formula is C18H11ClF3N5O. The van der Waals surface area contributed by atoms with Crippen LogP contribution in [0.4, 0.5) is 18.9 Å². The molecule has 3 aromatic heterocycles. The van der Waals surface area contributed by atoms with Crippen molar-refractivity contribution in [3.05, 3.63) is 65.1 Å². The van der Waals surface area contributed by atoms with Crippen LogP contribution in [0, 0.1) is 0 Å². The average Bonchev–Trinajstić information content (AvgIpc) is 3.25. The number of anilines is 1. The summed E-state index contributed by atoms with van der Waals surface area (Å²) in [5.41, 5.74) is 0.891. The van der Waals surface area contributed by atoms with Gasteiger partial charge >= 0.3 is 6.18 Å². The van der Waals surface area contributed by atoms with E-state index in [0.717, 1.165) is 16.6 Å². The molecule has 142 valence electrons. The van der Waals surface area contributed by atoms with Gasteiger partial charge < -0.3 is 10.3 Å². The molecule has 6 nitrogen and oxygen atoms in total. The van der Waals surface area contributed by atoms with E-state index in [-0.39, 0.29) is 0 Å². The number of H-pyrrole nitrogens is 2. The highest BCUT2D eigenvalue weighted by Crippen LogP contribution is 2.34. The highest BCUT2D eigenvalue weighted by molar-refractivity contribution is 6.34. The number of benzene rings is 1. The maximum Gasteiger partial charge on any atom is 0.434 e. The van der Waals surface area contributed by atoms with E-state index in [4.69, 9.17) is 11.6 Å². The largest absolute Gasteiger partial charge is 0.434 e. The number of nitrogens with one attached hydrogen (secondary N) is 3. The van der Waals surface area contributed by atoms with Gasteiger partial charge in [0.15, 0.2) is 11.4 Å². The number of carbonyl (C=O) groups excluding carboxylic acids is 1. The second-order valence-corrected chi connectivity index (χ2v) is 6.30. The number of carbonyl (C=O) groups is 1. The number of hydrogen-bond acceptors (Lipinski definition) is 3. The van der Waals surface area contributed by atoms with Gasteiger partial charge in [0.2, 0.25) is 0 Å². The van der Waals surface area contributed by atoms with Crippen LogP contribution in [-0.4, -0.2) is 26.1 Å². The zero-order chi connectivity index (χ0) is 19.9. The Morgan fingerprint density at radius 2 is 1.89 bits per heavy atom. The van der Waals surface area contributed by atoms with Crippen molar-refractivity contribution in [1.29, 1.82) is 0 Å². The smallest absolute Gasteiger partial charge is 0.339 e. The van der Waals surface area contributed by atoms with Gasteiger partial charge in [0.25, 0.3) is 5.91 Å². The monoisotopic (exact) mass is 405 g/mol. The second-order valence-electron chi connectivity index (χ2n) is 5.92. The van der Waals surface area contributed by atoms with Crippen LogP contribution in [0.25, 0.3) is 22.3 Å². The van der Waals surface area contributed by atoms with Gasteiger partial charge in [-0.2, -0.15) is 18.3 Å². The van der Waals surface area contributed by atoms with Crippen molar-refractivity contribution in [2.24, 2.45) is 0 Å². The lowest BCUT2D eigenvalue weighted by Gasteiger charge is -2.04. The fourth-order valence-corrected chi connectivity index (χ4v) is 2.99. The Balaban J connectivity index is 1.60. The van der Waals surface area contributed by atoms with Crippen molar-refractivity contribution in [3.8, 4) is 11.3 Å². The molecule has 1 amide bonds. The minimum absolute atomic E-state index is 0.295. The fraction of sp³-hybridized carbons (Fsp3) is 0.0556. The molecule has 0 unspecified atom stereocenters. The Morgan fingerprint density at radius 3 is 2.57 bits per heavy atom. The third-order valence-corrected chi connectivity index (χ3v) is 4.39. The first kappa shape index (κ1) is 18.1. The number of fused-ring (bicyclic) bond motifs is 1. The van der Waals surface area contributed by atoms with Gasteiger partial charge in [-0.05, 0) is 17.7 Å². The fourth-order valence-electron chi connectivity index (χ4n) is 2.71. The van der Waals surface area contributed by atoms with Crippen molar-refractivity contribution in [1.82, 2.24) is 20.2 Å². The maximum atomic E-state index is 12.8. The summed E-state index contributed by atoms with van der Waals surface area (Å²) in [5.74, 6) is -0.878. The van der Waals surface area contributed by atoms with E-state index < -0.39 is 28.5 Å². The lowest BCUT2D eigenvalue weighted by atomic mass is 10.1. The summed E-state index contributed by atoms with van der Waals surface area (Å²) >= 11 is 5.64. The van der Waals surface area contributed by atoms with Crippen molar-refractivity contribution in [2.75, 3.05) is 5.32 Å². The normalized spacial score (nSPS) is 11.7. The van der Waals surface area contributed by atoms with Crippen molar-refractivity contribution in [2.45, 2.75) is 6.18 Å². The van der Waals surface area contributed by atoms with E-state index in [1.165, 1.54) is 6.20 Å². The van der Waals surface area contributed by atoms with Crippen LogP contribution in [0.1, 0.15) is 16.2 Å². The van der Waals surface area contributed by atoms with Crippen LogP contribution in [0.15, 0.2) is 48.7 Å². The predicted molar refractivity (Wildman–Crippen MR) is 98.1 cm³/mol. The Labute approximate surface area is 160 Å². The van der Waals surface area contributed by atoms with Gasteiger partial charge in [-0.1, -0.05) is 41.9 Å². The first-order valence-corrected chi connectivity index (χ1v) is 8.37. The zero-order valence-corrected chi connectivity index (χ0v) is 14.7. The van der Waals surface area contributed by atoms with E-state index in [0.29, 0.717) is 11.3 Å². The zero-order valence-electron chi connectivity index (χ0n) is 13.9. The lowest BCUT2D eigenvalue weighted by Crippen LogP contribution is -2.13. The van der Waals surface area contributed by atoms with Crippen LogP contribution < -0.4 is 5.32 Å². The van der Waals surface area contributed by atoms with E-state index in [9.17, 15) is 18.0 Å². The first-order chi connectivity index (χ1) is 13.3. The molecule has 4 aromatic rings. The van der Waals surface area contributed by atoms with Crippen LogP contribution in [0.2, 0.25) is 5.02 Å². The molecule has 0 radical (unpaired) electrons. The van der Waals surface area contributed by atoms with Crippen molar-refractivity contribution < 1.29 is 18.0 Å². The number of nitrogens with zero attached hydrogens (tertiary/aromatic N) is 2. The third-order valence-electron chi connectivity index (χ3n) is 4.02. The maximum absolute atomic E-state index is 12.8. The summed E-state index contributed by atoms with van der Waals surface area (Å²) in [6.45, 7) is 0. The minimum Gasteiger partial charge on any atom is -0.339 e. The molecule has 0 aliphatic heterocycles. The molecule has 0 aliphatic rings. The molecule has 1 aromatic carbocycles. The molecule has 4 rings (SSSR count). The third kappa shape index (κ3) is 3.31. The van der Waals surface area contributed by atoms with Crippen LogP contribution in [0.5, 0.6) is 0 Å². The Bertz CT molecular complexity index is 1170. The summed E-state index contributed by atoms with van der Waals surface area (Å²) in [7, 11) is 0. The Hall–Kier alpha value is -3.33. The Kier molecular flexibility index (Phi) is 4.31. The highest BCUT2D eigenvalue weighted by atomic mass is 35.5. The molecule has 0 aliphatic carbocycles. The molecule has 0 atom stereocenters. The van der Waals surface area contributed by atoms with E-state index in [1.54, 1.807) is 11.2 Å². The summed E-state index contributed by atoms with van der Waals surface area (Å²) < 4.78 is 38.3. The molecule has 0 saturated carbocycles. The molecule has 0 fully saturated rings. The number of pyridine rings is 1. The summed E-state index contributed by atoms with van der Waals surface area (Å²) in [6.07, 6.45) is -3.35. The second kappa shape index (κ2) is 6.68. The number of halogens is 4. The lowest BCUT2D eigenvalue weighted by molar-refractivity contribution is -0.141. The SMILES string of the molecule is O=C(Nc1cnc2[nH]c(-c3ccccc3)cc2c1)c1n[nH]c(C(F)(F)F)c1Cl. The van der Waals surface area contributed by atoms with Gasteiger partial charge in [0.05, 0.1) is 11.9 Å². The predicted octanol–water partition coefficient (Wildman–Crippen LogP) is 4.88. The van der Waals surface area contributed by atoms with E-state index >= 15 is 0 Å². The number of aromatic nitrogens is 4. The number of amides is 1. The van der Waals surface area contributed by atoms with Crippen LogP contribution in [0.3, 0.4) is 0 Å². The highest BCUT2D eigenvalue weighted by Gasteiger charge is 2.38. The molecule has 28 heavy (non-hydrogen) atoms. The molecular weight excluding hydrogens is 395 g/mol. The Morgan fingerprint density at radius 1 is 1.14 bits per heavy atom. The summed E-state index contributed by atoms with van der Waals surface area (Å²) in [6, 6.07) is 13.1. The topological polar surface area (TPSA) is 86.5 Å².